The van der Waals surface area contributed by atoms with Crippen LogP contribution in [0.2, 0.25) is 0 Å². The first-order valence-corrected chi connectivity index (χ1v) is 6.58. The zero-order valence-electron chi connectivity index (χ0n) is 11.9. The Balaban J connectivity index is 2.05. The Kier molecular flexibility index (Phi) is 4.90. The molecule has 5 heteroatoms. The molecule has 0 aliphatic heterocycles. The van der Waals surface area contributed by atoms with E-state index in [9.17, 15) is 0 Å². The fraction of sp³-hybridized carbons (Fsp3) is 0.333. The summed E-state index contributed by atoms with van der Waals surface area (Å²) >= 11 is 0. The molecule has 0 unspecified atom stereocenters. The number of hydrogen-bond acceptors (Lipinski definition) is 5. The third kappa shape index (κ3) is 3.68. The summed E-state index contributed by atoms with van der Waals surface area (Å²) in [5, 5.41) is 0. The molecule has 0 bridgehead atoms. The maximum Gasteiger partial charge on any atom is 0.225 e. The summed E-state index contributed by atoms with van der Waals surface area (Å²) in [4.78, 5) is 10.7. The molecule has 0 saturated carbocycles. The van der Waals surface area contributed by atoms with Crippen LogP contribution in [-0.4, -0.2) is 30.7 Å². The minimum Gasteiger partial charge on any atom is -0.497 e. The lowest BCUT2D eigenvalue weighted by molar-refractivity contribution is 0.414. The van der Waals surface area contributed by atoms with Gasteiger partial charge in [-0.2, -0.15) is 0 Å². The van der Waals surface area contributed by atoms with Gasteiger partial charge < -0.3 is 15.4 Å². The molecule has 0 aliphatic carbocycles. The average Bonchev–Trinajstić information content (AvgIpc) is 2.48. The third-order valence-electron chi connectivity index (χ3n) is 3.02. The van der Waals surface area contributed by atoms with Gasteiger partial charge in [-0.3, -0.25) is 0 Å². The van der Waals surface area contributed by atoms with Crippen molar-refractivity contribution in [3.05, 3.63) is 47.8 Å². The summed E-state index contributed by atoms with van der Waals surface area (Å²) < 4.78 is 5.22. The van der Waals surface area contributed by atoms with Gasteiger partial charge in [0.15, 0.2) is 0 Å². The second-order valence-electron chi connectivity index (χ2n) is 4.64. The second kappa shape index (κ2) is 6.86. The fourth-order valence-electron chi connectivity index (χ4n) is 1.96. The maximum absolute atomic E-state index is 5.51. The fourth-order valence-corrected chi connectivity index (χ4v) is 1.96. The Morgan fingerprint density at radius 2 is 1.95 bits per heavy atom. The number of aromatic nitrogens is 2. The lowest BCUT2D eigenvalue weighted by atomic mass is 10.2. The van der Waals surface area contributed by atoms with E-state index in [1.807, 2.05) is 42.5 Å². The summed E-state index contributed by atoms with van der Waals surface area (Å²) in [6, 6.07) is 7.98. The van der Waals surface area contributed by atoms with Crippen molar-refractivity contribution < 1.29 is 4.74 Å². The topological polar surface area (TPSA) is 64.3 Å². The van der Waals surface area contributed by atoms with Crippen LogP contribution in [0, 0.1) is 0 Å². The van der Waals surface area contributed by atoms with Crippen LogP contribution >= 0.6 is 0 Å². The molecule has 1 aromatic carbocycles. The smallest absolute Gasteiger partial charge is 0.225 e. The molecular weight excluding hydrogens is 252 g/mol. The highest BCUT2D eigenvalue weighted by Gasteiger charge is 2.06. The monoisotopic (exact) mass is 272 g/mol. The zero-order valence-corrected chi connectivity index (χ0v) is 11.9. The van der Waals surface area contributed by atoms with Crippen molar-refractivity contribution in [3.63, 3.8) is 0 Å². The lowest BCUT2D eigenvalue weighted by Crippen LogP contribution is -2.19. The van der Waals surface area contributed by atoms with Crippen molar-refractivity contribution in [1.29, 1.82) is 0 Å². The standard InChI is InChI=1S/C15H20N4O/c1-19(11-12-4-3-5-14(8-12)20-2)15-17-9-13(6-7-16)10-18-15/h3-5,8-10H,6-7,11,16H2,1-2H3. The Labute approximate surface area is 119 Å². The van der Waals surface area contributed by atoms with Crippen molar-refractivity contribution in [2.24, 2.45) is 5.73 Å². The van der Waals surface area contributed by atoms with E-state index in [-0.39, 0.29) is 0 Å². The normalized spacial score (nSPS) is 10.3. The number of nitrogens with two attached hydrogens (primary N) is 1. The van der Waals surface area contributed by atoms with Crippen molar-refractivity contribution in [1.82, 2.24) is 9.97 Å². The molecule has 1 heterocycles. The third-order valence-corrected chi connectivity index (χ3v) is 3.02. The van der Waals surface area contributed by atoms with Gasteiger partial charge in [-0.05, 0) is 36.2 Å². The van der Waals surface area contributed by atoms with Crippen molar-refractivity contribution in [2.45, 2.75) is 13.0 Å². The molecule has 2 N–H and O–H groups in total. The molecule has 0 spiro atoms. The number of rotatable bonds is 6. The molecule has 2 rings (SSSR count). The van der Waals surface area contributed by atoms with Gasteiger partial charge in [0.2, 0.25) is 5.95 Å². The highest BCUT2D eigenvalue weighted by molar-refractivity contribution is 5.34. The zero-order chi connectivity index (χ0) is 14.4. The average molecular weight is 272 g/mol. The van der Waals surface area contributed by atoms with Crippen LogP contribution in [0.3, 0.4) is 0 Å². The molecule has 0 amide bonds. The minimum absolute atomic E-state index is 0.613. The minimum atomic E-state index is 0.613. The number of benzene rings is 1. The summed E-state index contributed by atoms with van der Waals surface area (Å²) in [5.74, 6) is 1.56. The second-order valence-corrected chi connectivity index (χ2v) is 4.64. The molecule has 0 atom stereocenters. The first kappa shape index (κ1) is 14.3. The Morgan fingerprint density at radius 1 is 1.20 bits per heavy atom. The molecular formula is C15H20N4O. The van der Waals surface area contributed by atoms with Crippen LogP contribution in [0.1, 0.15) is 11.1 Å². The van der Waals surface area contributed by atoms with Crippen LogP contribution < -0.4 is 15.4 Å². The van der Waals surface area contributed by atoms with Gasteiger partial charge >= 0.3 is 0 Å². The van der Waals surface area contributed by atoms with Crippen molar-refractivity contribution in [3.8, 4) is 5.75 Å². The van der Waals surface area contributed by atoms with Crippen LogP contribution in [-0.2, 0) is 13.0 Å². The molecule has 2 aromatic rings. The van der Waals surface area contributed by atoms with E-state index >= 15 is 0 Å². The Morgan fingerprint density at radius 3 is 2.60 bits per heavy atom. The molecule has 0 aliphatic rings. The maximum atomic E-state index is 5.51. The first-order valence-electron chi connectivity index (χ1n) is 6.58. The van der Waals surface area contributed by atoms with Gasteiger partial charge in [-0.25, -0.2) is 9.97 Å². The van der Waals surface area contributed by atoms with Gasteiger partial charge in [0, 0.05) is 26.0 Å². The highest BCUT2D eigenvalue weighted by Crippen LogP contribution is 2.15. The molecule has 0 radical (unpaired) electrons. The predicted octanol–water partition coefficient (Wildman–Crippen LogP) is 1.62. The highest BCUT2D eigenvalue weighted by atomic mass is 16.5. The van der Waals surface area contributed by atoms with E-state index in [0.29, 0.717) is 12.5 Å². The number of nitrogens with zero attached hydrogens (tertiary/aromatic N) is 3. The van der Waals surface area contributed by atoms with Crippen LogP contribution in [0.15, 0.2) is 36.7 Å². The summed E-state index contributed by atoms with van der Waals surface area (Å²) in [6.07, 6.45) is 4.47. The van der Waals surface area contributed by atoms with Gasteiger partial charge in [0.1, 0.15) is 5.75 Å². The summed E-state index contributed by atoms with van der Waals surface area (Å²) in [7, 11) is 3.64. The quantitative estimate of drug-likeness (QED) is 0.865. The predicted molar refractivity (Wildman–Crippen MR) is 79.9 cm³/mol. The SMILES string of the molecule is COc1cccc(CN(C)c2ncc(CCN)cn2)c1. The van der Waals surface area contributed by atoms with E-state index in [1.165, 1.54) is 0 Å². The molecule has 1 aromatic heterocycles. The van der Waals surface area contributed by atoms with Crippen molar-refractivity contribution >= 4 is 5.95 Å². The van der Waals surface area contributed by atoms with E-state index in [4.69, 9.17) is 10.5 Å². The van der Waals surface area contributed by atoms with E-state index in [1.54, 1.807) is 7.11 Å². The van der Waals surface area contributed by atoms with Gasteiger partial charge in [0.25, 0.3) is 0 Å². The molecule has 5 nitrogen and oxygen atoms in total. The number of hydrogen-bond donors (Lipinski definition) is 1. The molecule has 106 valence electrons. The number of ether oxygens (including phenoxy) is 1. The van der Waals surface area contributed by atoms with Crippen molar-refractivity contribution in [2.75, 3.05) is 25.6 Å². The van der Waals surface area contributed by atoms with Crippen LogP contribution in [0.4, 0.5) is 5.95 Å². The summed E-state index contributed by atoms with van der Waals surface area (Å²) in [5.41, 5.74) is 7.73. The summed E-state index contributed by atoms with van der Waals surface area (Å²) in [6.45, 7) is 1.34. The van der Waals surface area contributed by atoms with Crippen LogP contribution in [0.5, 0.6) is 5.75 Å². The van der Waals surface area contributed by atoms with E-state index in [2.05, 4.69) is 16.0 Å². The lowest BCUT2D eigenvalue weighted by Gasteiger charge is -2.17. The molecule has 0 fully saturated rings. The molecule has 20 heavy (non-hydrogen) atoms. The first-order chi connectivity index (χ1) is 9.72. The Hall–Kier alpha value is -2.14. The van der Waals surface area contributed by atoms with E-state index in [0.717, 1.165) is 29.8 Å². The Bertz CT molecular complexity index is 542. The van der Waals surface area contributed by atoms with Crippen LogP contribution in [0.25, 0.3) is 0 Å². The number of anilines is 1. The van der Waals surface area contributed by atoms with Gasteiger partial charge in [-0.1, -0.05) is 12.1 Å². The largest absolute Gasteiger partial charge is 0.497 e. The molecule has 0 saturated heterocycles. The van der Waals surface area contributed by atoms with Gasteiger partial charge in [-0.15, -0.1) is 0 Å². The number of methoxy groups -OCH3 is 1. The van der Waals surface area contributed by atoms with Gasteiger partial charge in [0.05, 0.1) is 7.11 Å². The van der Waals surface area contributed by atoms with E-state index < -0.39 is 0 Å².